The fraction of sp³-hybridized carbons (Fsp3) is 0.364. The summed E-state index contributed by atoms with van der Waals surface area (Å²) < 4.78 is 5.24. The molecule has 1 unspecified atom stereocenters. The number of para-hydroxylation sites is 1. The quantitative estimate of drug-likeness (QED) is 0.751. The van der Waals surface area contributed by atoms with Crippen LogP contribution in [0.4, 0.5) is 0 Å². The number of carbonyl (C=O) groups excluding carboxylic acids is 2. The molecule has 2 rings (SSSR count). The van der Waals surface area contributed by atoms with Crippen LogP contribution in [0.2, 0.25) is 0 Å². The minimum Gasteiger partial charge on any atom is -0.496 e. The first-order valence-corrected chi connectivity index (χ1v) is 9.20. The lowest BCUT2D eigenvalue weighted by Crippen LogP contribution is -2.50. The molecule has 0 aromatic heterocycles. The number of hydrogen-bond acceptors (Lipinski definition) is 3. The van der Waals surface area contributed by atoms with Crippen molar-refractivity contribution in [2.75, 3.05) is 13.7 Å². The summed E-state index contributed by atoms with van der Waals surface area (Å²) in [4.78, 5) is 25.3. The van der Waals surface area contributed by atoms with Crippen LogP contribution in [0, 0.1) is 5.92 Å². The normalized spacial score (nSPS) is 12.9. The largest absolute Gasteiger partial charge is 0.496 e. The highest BCUT2D eigenvalue weighted by molar-refractivity contribution is 5.99. The SMILES string of the molecule is COc1ccccc1C(=O)N[C@H](C(=O)NCC(C)c1ccccc1)C(C)C. The van der Waals surface area contributed by atoms with Gasteiger partial charge in [-0.1, -0.05) is 63.2 Å². The average molecular weight is 368 g/mol. The number of ether oxygens (including phenoxy) is 1. The zero-order chi connectivity index (χ0) is 19.8. The molecule has 0 aliphatic carbocycles. The molecule has 0 aliphatic heterocycles. The molecule has 144 valence electrons. The van der Waals surface area contributed by atoms with E-state index in [4.69, 9.17) is 4.74 Å². The van der Waals surface area contributed by atoms with E-state index < -0.39 is 6.04 Å². The Labute approximate surface area is 161 Å². The van der Waals surface area contributed by atoms with Gasteiger partial charge in [0.1, 0.15) is 11.8 Å². The molecule has 2 aromatic rings. The van der Waals surface area contributed by atoms with Gasteiger partial charge in [-0.15, -0.1) is 0 Å². The average Bonchev–Trinajstić information content (AvgIpc) is 2.70. The van der Waals surface area contributed by atoms with Crippen LogP contribution in [-0.2, 0) is 4.79 Å². The molecule has 0 heterocycles. The Morgan fingerprint density at radius 3 is 2.22 bits per heavy atom. The number of hydrogen-bond donors (Lipinski definition) is 2. The number of benzene rings is 2. The first kappa shape index (κ1) is 20.5. The smallest absolute Gasteiger partial charge is 0.255 e. The molecule has 2 aromatic carbocycles. The Bertz CT molecular complexity index is 759. The van der Waals surface area contributed by atoms with Crippen LogP contribution in [0.15, 0.2) is 54.6 Å². The second-order valence-electron chi connectivity index (χ2n) is 6.95. The third-order valence-electron chi connectivity index (χ3n) is 4.54. The summed E-state index contributed by atoms with van der Waals surface area (Å²) in [6.45, 7) is 6.39. The summed E-state index contributed by atoms with van der Waals surface area (Å²) in [6.07, 6.45) is 0. The minimum atomic E-state index is -0.620. The van der Waals surface area contributed by atoms with Crippen LogP contribution in [-0.4, -0.2) is 31.5 Å². The predicted octanol–water partition coefficient (Wildman–Crippen LogP) is 3.37. The summed E-state index contributed by atoms with van der Waals surface area (Å²) in [6, 6.07) is 16.4. The zero-order valence-corrected chi connectivity index (χ0v) is 16.4. The first-order chi connectivity index (χ1) is 12.9. The van der Waals surface area contributed by atoms with Crippen LogP contribution in [0.1, 0.15) is 42.6 Å². The summed E-state index contributed by atoms with van der Waals surface area (Å²) in [5, 5.41) is 5.80. The Kier molecular flexibility index (Phi) is 7.41. The lowest BCUT2D eigenvalue weighted by molar-refractivity contribution is -0.124. The lowest BCUT2D eigenvalue weighted by atomic mass is 9.99. The maximum atomic E-state index is 12.7. The number of amides is 2. The molecule has 0 bridgehead atoms. The molecule has 27 heavy (non-hydrogen) atoms. The van der Waals surface area contributed by atoms with Crippen molar-refractivity contribution < 1.29 is 14.3 Å². The molecule has 0 fully saturated rings. The molecule has 0 spiro atoms. The van der Waals surface area contributed by atoms with Crippen molar-refractivity contribution in [1.82, 2.24) is 10.6 Å². The van der Waals surface area contributed by atoms with Gasteiger partial charge in [-0.2, -0.15) is 0 Å². The van der Waals surface area contributed by atoms with Gasteiger partial charge < -0.3 is 15.4 Å². The van der Waals surface area contributed by atoms with Crippen LogP contribution in [0.3, 0.4) is 0 Å². The zero-order valence-electron chi connectivity index (χ0n) is 16.4. The van der Waals surface area contributed by atoms with Gasteiger partial charge in [0.15, 0.2) is 0 Å². The van der Waals surface area contributed by atoms with E-state index in [-0.39, 0.29) is 23.7 Å². The maximum absolute atomic E-state index is 12.7. The van der Waals surface area contributed by atoms with Crippen LogP contribution >= 0.6 is 0 Å². The van der Waals surface area contributed by atoms with Gasteiger partial charge in [-0.25, -0.2) is 0 Å². The van der Waals surface area contributed by atoms with E-state index in [9.17, 15) is 9.59 Å². The Balaban J connectivity index is 2.01. The predicted molar refractivity (Wildman–Crippen MR) is 107 cm³/mol. The maximum Gasteiger partial charge on any atom is 0.255 e. The third kappa shape index (κ3) is 5.58. The lowest BCUT2D eigenvalue weighted by Gasteiger charge is -2.23. The van der Waals surface area contributed by atoms with Gasteiger partial charge in [0, 0.05) is 6.54 Å². The molecule has 2 amide bonds. The van der Waals surface area contributed by atoms with E-state index in [2.05, 4.69) is 17.6 Å². The number of nitrogens with one attached hydrogen (secondary N) is 2. The Hall–Kier alpha value is -2.82. The molecule has 0 saturated heterocycles. The number of rotatable bonds is 8. The summed E-state index contributed by atoms with van der Waals surface area (Å²) in [7, 11) is 1.52. The van der Waals surface area contributed by atoms with Gasteiger partial charge in [-0.05, 0) is 29.5 Å². The second kappa shape index (κ2) is 9.76. The van der Waals surface area contributed by atoms with Gasteiger partial charge in [0.25, 0.3) is 5.91 Å². The Morgan fingerprint density at radius 2 is 1.59 bits per heavy atom. The van der Waals surface area contributed by atoms with E-state index >= 15 is 0 Å². The third-order valence-corrected chi connectivity index (χ3v) is 4.54. The highest BCUT2D eigenvalue weighted by atomic mass is 16.5. The summed E-state index contributed by atoms with van der Waals surface area (Å²) in [5.41, 5.74) is 1.58. The number of carbonyl (C=O) groups is 2. The minimum absolute atomic E-state index is 0.0457. The standard InChI is InChI=1S/C22H28N2O3/c1-15(2)20(24-21(25)18-12-8-9-13-19(18)27-4)22(26)23-14-16(3)17-10-6-5-7-11-17/h5-13,15-16,20H,14H2,1-4H3,(H,23,26)(H,24,25)/t16?,20-/m0/s1. The van der Waals surface area contributed by atoms with E-state index in [0.29, 0.717) is 17.9 Å². The van der Waals surface area contributed by atoms with E-state index in [1.165, 1.54) is 7.11 Å². The van der Waals surface area contributed by atoms with Gasteiger partial charge in [-0.3, -0.25) is 9.59 Å². The van der Waals surface area contributed by atoms with Crippen molar-refractivity contribution in [2.24, 2.45) is 5.92 Å². The van der Waals surface area contributed by atoms with Gasteiger partial charge in [0.2, 0.25) is 5.91 Å². The molecule has 5 heteroatoms. The van der Waals surface area contributed by atoms with Crippen molar-refractivity contribution in [2.45, 2.75) is 32.7 Å². The highest BCUT2D eigenvalue weighted by Crippen LogP contribution is 2.18. The van der Waals surface area contributed by atoms with Crippen LogP contribution < -0.4 is 15.4 Å². The van der Waals surface area contributed by atoms with E-state index in [1.807, 2.05) is 44.2 Å². The molecule has 5 nitrogen and oxygen atoms in total. The summed E-state index contributed by atoms with van der Waals surface area (Å²) >= 11 is 0. The first-order valence-electron chi connectivity index (χ1n) is 9.20. The van der Waals surface area contributed by atoms with Crippen molar-refractivity contribution in [3.8, 4) is 5.75 Å². The van der Waals surface area contributed by atoms with Crippen molar-refractivity contribution >= 4 is 11.8 Å². The number of methoxy groups -OCH3 is 1. The van der Waals surface area contributed by atoms with Crippen molar-refractivity contribution in [1.29, 1.82) is 0 Å². The fourth-order valence-electron chi connectivity index (χ4n) is 2.85. The second-order valence-corrected chi connectivity index (χ2v) is 6.95. The molecule has 0 radical (unpaired) electrons. The topological polar surface area (TPSA) is 67.4 Å². The van der Waals surface area contributed by atoms with E-state index in [0.717, 1.165) is 5.56 Å². The van der Waals surface area contributed by atoms with E-state index in [1.54, 1.807) is 24.3 Å². The van der Waals surface area contributed by atoms with Gasteiger partial charge >= 0.3 is 0 Å². The van der Waals surface area contributed by atoms with Crippen LogP contribution in [0.5, 0.6) is 5.75 Å². The molecule has 0 aliphatic rings. The fourth-order valence-corrected chi connectivity index (χ4v) is 2.85. The Morgan fingerprint density at radius 1 is 0.963 bits per heavy atom. The van der Waals surface area contributed by atoms with Crippen molar-refractivity contribution in [3.63, 3.8) is 0 Å². The summed E-state index contributed by atoms with van der Waals surface area (Å²) in [5.74, 6) is 0.118. The molecule has 2 N–H and O–H groups in total. The molecule has 0 saturated carbocycles. The highest BCUT2D eigenvalue weighted by Gasteiger charge is 2.26. The molecular formula is C22H28N2O3. The van der Waals surface area contributed by atoms with Gasteiger partial charge in [0.05, 0.1) is 12.7 Å². The van der Waals surface area contributed by atoms with Crippen LogP contribution in [0.25, 0.3) is 0 Å². The van der Waals surface area contributed by atoms with Crippen molar-refractivity contribution in [3.05, 3.63) is 65.7 Å². The molecule has 2 atom stereocenters. The monoisotopic (exact) mass is 368 g/mol. The molecular weight excluding hydrogens is 340 g/mol.